The van der Waals surface area contributed by atoms with E-state index in [1.807, 2.05) is 13.8 Å². The maximum atomic E-state index is 12.0. The van der Waals surface area contributed by atoms with Gasteiger partial charge in [0.1, 0.15) is 11.0 Å². The molecule has 5 nitrogen and oxygen atoms in total. The second-order valence-corrected chi connectivity index (χ2v) is 4.51. The summed E-state index contributed by atoms with van der Waals surface area (Å²) in [5.74, 6) is -0.516. The average Bonchev–Trinajstić information content (AvgIpc) is 2.73. The summed E-state index contributed by atoms with van der Waals surface area (Å²) >= 11 is 0.904. The van der Waals surface area contributed by atoms with Crippen LogP contribution in [0.5, 0.6) is 0 Å². The monoisotopic (exact) mass is 265 g/mol. The SMILES string of the molecule is CC(C)c1nnsc1C(=O)NCC(O)C(F)F. The van der Waals surface area contributed by atoms with E-state index in [0.29, 0.717) is 10.6 Å². The minimum atomic E-state index is -2.88. The molecule has 1 unspecified atom stereocenters. The molecule has 1 atom stereocenters. The molecular weight excluding hydrogens is 252 g/mol. The highest BCUT2D eigenvalue weighted by Crippen LogP contribution is 2.19. The minimum Gasteiger partial charge on any atom is -0.385 e. The summed E-state index contributed by atoms with van der Waals surface area (Å²) in [6, 6.07) is 0. The van der Waals surface area contributed by atoms with Gasteiger partial charge in [-0.3, -0.25) is 4.79 Å². The van der Waals surface area contributed by atoms with E-state index < -0.39 is 25.0 Å². The van der Waals surface area contributed by atoms with E-state index in [1.165, 1.54) is 0 Å². The third kappa shape index (κ3) is 3.67. The van der Waals surface area contributed by atoms with Gasteiger partial charge in [-0.2, -0.15) is 0 Å². The number of aliphatic hydroxyl groups is 1. The van der Waals surface area contributed by atoms with Crippen molar-refractivity contribution in [2.75, 3.05) is 6.54 Å². The molecule has 96 valence electrons. The zero-order valence-corrected chi connectivity index (χ0v) is 10.2. The molecule has 0 fully saturated rings. The number of nitrogens with zero attached hydrogens (tertiary/aromatic N) is 2. The average molecular weight is 265 g/mol. The van der Waals surface area contributed by atoms with Gasteiger partial charge in [0.2, 0.25) is 0 Å². The molecule has 0 bridgehead atoms. The van der Waals surface area contributed by atoms with E-state index in [-0.39, 0.29) is 5.92 Å². The number of carbonyl (C=O) groups excluding carboxylic acids is 1. The van der Waals surface area contributed by atoms with Crippen LogP contribution < -0.4 is 5.32 Å². The second-order valence-electron chi connectivity index (χ2n) is 3.75. The van der Waals surface area contributed by atoms with Crippen molar-refractivity contribution in [2.45, 2.75) is 32.3 Å². The predicted octanol–water partition coefficient (Wildman–Crippen LogP) is 1.02. The van der Waals surface area contributed by atoms with Gasteiger partial charge in [0.15, 0.2) is 0 Å². The number of aromatic nitrogens is 2. The first-order valence-electron chi connectivity index (χ1n) is 5.00. The first-order valence-corrected chi connectivity index (χ1v) is 5.77. The highest BCUT2D eigenvalue weighted by atomic mass is 32.1. The number of halogens is 2. The van der Waals surface area contributed by atoms with Crippen molar-refractivity contribution >= 4 is 17.4 Å². The normalized spacial score (nSPS) is 13.1. The molecule has 1 aromatic heterocycles. The zero-order chi connectivity index (χ0) is 13.0. The van der Waals surface area contributed by atoms with E-state index in [9.17, 15) is 13.6 Å². The Morgan fingerprint density at radius 3 is 2.71 bits per heavy atom. The number of nitrogens with one attached hydrogen (secondary N) is 1. The fourth-order valence-corrected chi connectivity index (χ4v) is 1.84. The molecule has 1 amide bonds. The minimum absolute atomic E-state index is 0.0227. The highest BCUT2D eigenvalue weighted by Gasteiger charge is 2.21. The molecule has 1 heterocycles. The Bertz CT molecular complexity index is 384. The third-order valence-corrected chi connectivity index (χ3v) is 2.77. The molecule has 0 aromatic carbocycles. The van der Waals surface area contributed by atoms with Crippen LogP contribution in [-0.4, -0.2) is 39.7 Å². The lowest BCUT2D eigenvalue weighted by Crippen LogP contribution is -2.35. The van der Waals surface area contributed by atoms with E-state index >= 15 is 0 Å². The first-order chi connectivity index (χ1) is 7.93. The number of amides is 1. The van der Waals surface area contributed by atoms with Gasteiger partial charge in [-0.1, -0.05) is 18.3 Å². The Kier molecular flexibility index (Phi) is 4.88. The Morgan fingerprint density at radius 2 is 2.18 bits per heavy atom. The van der Waals surface area contributed by atoms with E-state index in [0.717, 1.165) is 11.5 Å². The van der Waals surface area contributed by atoms with Gasteiger partial charge < -0.3 is 10.4 Å². The Hall–Kier alpha value is -1.15. The van der Waals surface area contributed by atoms with Crippen molar-refractivity contribution in [3.63, 3.8) is 0 Å². The lowest BCUT2D eigenvalue weighted by Gasteiger charge is -2.10. The van der Waals surface area contributed by atoms with Crippen molar-refractivity contribution in [3.05, 3.63) is 10.6 Å². The second kappa shape index (κ2) is 5.97. The molecule has 8 heteroatoms. The maximum Gasteiger partial charge on any atom is 0.265 e. The molecule has 1 aromatic rings. The van der Waals surface area contributed by atoms with Crippen LogP contribution in [0.25, 0.3) is 0 Å². The van der Waals surface area contributed by atoms with Gasteiger partial charge in [-0.25, -0.2) is 8.78 Å². The first kappa shape index (κ1) is 13.9. The largest absolute Gasteiger partial charge is 0.385 e. The molecular formula is C9H13F2N3O2S. The Morgan fingerprint density at radius 1 is 1.53 bits per heavy atom. The quantitative estimate of drug-likeness (QED) is 0.833. The number of hydrogen-bond acceptors (Lipinski definition) is 5. The number of alkyl halides is 2. The summed E-state index contributed by atoms with van der Waals surface area (Å²) in [4.78, 5) is 11.9. The lowest BCUT2D eigenvalue weighted by atomic mass is 10.1. The number of aliphatic hydroxyl groups excluding tert-OH is 1. The molecule has 17 heavy (non-hydrogen) atoms. The zero-order valence-electron chi connectivity index (χ0n) is 9.35. The van der Waals surface area contributed by atoms with Gasteiger partial charge in [0.05, 0.1) is 5.69 Å². The van der Waals surface area contributed by atoms with Crippen LogP contribution in [-0.2, 0) is 0 Å². The molecule has 2 N–H and O–H groups in total. The van der Waals surface area contributed by atoms with Crippen LogP contribution in [0.15, 0.2) is 0 Å². The summed E-state index contributed by atoms with van der Waals surface area (Å²) in [6.07, 6.45) is -4.73. The fraction of sp³-hybridized carbons (Fsp3) is 0.667. The number of hydrogen-bond donors (Lipinski definition) is 2. The molecule has 0 aliphatic rings. The van der Waals surface area contributed by atoms with Crippen molar-refractivity contribution in [3.8, 4) is 0 Å². The molecule has 0 aliphatic heterocycles. The molecule has 0 saturated carbocycles. The molecule has 0 radical (unpaired) electrons. The highest BCUT2D eigenvalue weighted by molar-refractivity contribution is 7.08. The number of carbonyl (C=O) groups is 1. The van der Waals surface area contributed by atoms with Crippen LogP contribution in [0.4, 0.5) is 8.78 Å². The summed E-state index contributed by atoms with van der Waals surface area (Å²) in [6.45, 7) is 3.20. The Labute approximate surface area is 101 Å². The Balaban J connectivity index is 2.61. The van der Waals surface area contributed by atoms with Crippen LogP contribution in [0.2, 0.25) is 0 Å². The van der Waals surface area contributed by atoms with Gasteiger partial charge in [0.25, 0.3) is 12.3 Å². The summed E-state index contributed by atoms with van der Waals surface area (Å²) in [5.41, 5.74) is 0.527. The number of rotatable bonds is 5. The fourth-order valence-electron chi connectivity index (χ4n) is 1.10. The maximum absolute atomic E-state index is 12.0. The van der Waals surface area contributed by atoms with Crippen molar-refractivity contribution in [1.82, 2.24) is 14.9 Å². The summed E-state index contributed by atoms with van der Waals surface area (Å²) < 4.78 is 27.7. The smallest absolute Gasteiger partial charge is 0.265 e. The third-order valence-electron chi connectivity index (χ3n) is 2.03. The molecule has 0 saturated heterocycles. The van der Waals surface area contributed by atoms with E-state index in [2.05, 4.69) is 14.9 Å². The van der Waals surface area contributed by atoms with Crippen LogP contribution in [0.1, 0.15) is 35.1 Å². The topological polar surface area (TPSA) is 75.1 Å². The summed E-state index contributed by atoms with van der Waals surface area (Å²) in [5, 5.41) is 14.9. The van der Waals surface area contributed by atoms with Gasteiger partial charge >= 0.3 is 0 Å². The van der Waals surface area contributed by atoms with Crippen LogP contribution in [0, 0.1) is 0 Å². The van der Waals surface area contributed by atoms with Gasteiger partial charge in [0, 0.05) is 6.54 Å². The van der Waals surface area contributed by atoms with E-state index in [4.69, 9.17) is 5.11 Å². The summed E-state index contributed by atoms with van der Waals surface area (Å²) in [7, 11) is 0. The molecule has 0 aliphatic carbocycles. The lowest BCUT2D eigenvalue weighted by molar-refractivity contribution is -0.00268. The van der Waals surface area contributed by atoms with Crippen molar-refractivity contribution in [2.24, 2.45) is 0 Å². The van der Waals surface area contributed by atoms with Crippen LogP contribution >= 0.6 is 11.5 Å². The molecule has 0 spiro atoms. The van der Waals surface area contributed by atoms with Crippen LogP contribution in [0.3, 0.4) is 0 Å². The van der Waals surface area contributed by atoms with Gasteiger partial charge in [-0.05, 0) is 17.5 Å². The predicted molar refractivity (Wildman–Crippen MR) is 58.3 cm³/mol. The standard InChI is InChI=1S/C9H13F2N3O2S/c1-4(2)6-7(17-14-13-6)9(16)12-3-5(15)8(10)11/h4-5,8,15H,3H2,1-2H3,(H,12,16). The van der Waals surface area contributed by atoms with Crippen molar-refractivity contribution in [1.29, 1.82) is 0 Å². The van der Waals surface area contributed by atoms with Crippen molar-refractivity contribution < 1.29 is 18.7 Å². The van der Waals surface area contributed by atoms with Gasteiger partial charge in [-0.15, -0.1) is 5.10 Å². The molecule has 1 rings (SSSR count). The van der Waals surface area contributed by atoms with E-state index in [1.54, 1.807) is 0 Å².